The topological polar surface area (TPSA) is 79.5 Å². The van der Waals surface area contributed by atoms with Crippen LogP contribution in [0.15, 0.2) is 24.3 Å². The van der Waals surface area contributed by atoms with Crippen LogP contribution in [0.5, 0.6) is 0 Å². The average Bonchev–Trinajstić information content (AvgIpc) is 2.49. The summed E-state index contributed by atoms with van der Waals surface area (Å²) in [7, 11) is 3.20. The SMILES string of the molecule is CNC(=O)c1cccc(CNC(=O)CNCCOC)c1.Cl. The lowest BCUT2D eigenvalue weighted by molar-refractivity contribution is -0.120. The highest BCUT2D eigenvalue weighted by Gasteiger charge is 2.05. The van der Waals surface area contributed by atoms with E-state index in [4.69, 9.17) is 4.74 Å². The second kappa shape index (κ2) is 11.1. The minimum absolute atomic E-state index is 0. The first-order chi connectivity index (χ1) is 9.67. The quantitative estimate of drug-likeness (QED) is 0.604. The maximum absolute atomic E-state index is 11.6. The van der Waals surface area contributed by atoms with Gasteiger partial charge in [-0.2, -0.15) is 0 Å². The Morgan fingerprint density at radius 3 is 2.71 bits per heavy atom. The van der Waals surface area contributed by atoms with Crippen molar-refractivity contribution in [2.24, 2.45) is 0 Å². The van der Waals surface area contributed by atoms with Crippen LogP contribution in [0.2, 0.25) is 0 Å². The van der Waals surface area contributed by atoms with Gasteiger partial charge in [0.2, 0.25) is 5.91 Å². The van der Waals surface area contributed by atoms with Gasteiger partial charge in [-0.15, -0.1) is 12.4 Å². The molecule has 1 rings (SSSR count). The predicted octanol–water partition coefficient (Wildman–Crippen LogP) is 0.320. The molecule has 0 fully saturated rings. The summed E-state index contributed by atoms with van der Waals surface area (Å²) < 4.78 is 4.87. The van der Waals surface area contributed by atoms with Crippen molar-refractivity contribution < 1.29 is 14.3 Å². The van der Waals surface area contributed by atoms with Crippen LogP contribution in [0.3, 0.4) is 0 Å². The predicted molar refractivity (Wildman–Crippen MR) is 83.7 cm³/mol. The lowest BCUT2D eigenvalue weighted by Gasteiger charge is -2.08. The summed E-state index contributed by atoms with van der Waals surface area (Å²) in [5, 5.41) is 8.31. The fourth-order valence-electron chi connectivity index (χ4n) is 1.61. The van der Waals surface area contributed by atoms with Crippen molar-refractivity contribution in [3.63, 3.8) is 0 Å². The van der Waals surface area contributed by atoms with E-state index in [1.54, 1.807) is 32.4 Å². The smallest absolute Gasteiger partial charge is 0.251 e. The Kier molecular flexibility index (Phi) is 10.2. The molecule has 0 saturated carbocycles. The molecule has 0 atom stereocenters. The number of carbonyl (C=O) groups excluding carboxylic acids is 2. The van der Waals surface area contributed by atoms with E-state index in [-0.39, 0.29) is 30.8 Å². The van der Waals surface area contributed by atoms with E-state index in [9.17, 15) is 9.59 Å². The van der Waals surface area contributed by atoms with Crippen LogP contribution < -0.4 is 16.0 Å². The zero-order chi connectivity index (χ0) is 14.8. The monoisotopic (exact) mass is 315 g/mol. The van der Waals surface area contributed by atoms with Gasteiger partial charge in [-0.25, -0.2) is 0 Å². The van der Waals surface area contributed by atoms with Gasteiger partial charge >= 0.3 is 0 Å². The van der Waals surface area contributed by atoms with E-state index >= 15 is 0 Å². The summed E-state index contributed by atoms with van der Waals surface area (Å²) >= 11 is 0. The number of methoxy groups -OCH3 is 1. The third-order valence-electron chi connectivity index (χ3n) is 2.67. The van der Waals surface area contributed by atoms with Crippen LogP contribution in [0.25, 0.3) is 0 Å². The Bertz CT molecular complexity index is 455. The van der Waals surface area contributed by atoms with Crippen LogP contribution in [-0.2, 0) is 16.1 Å². The summed E-state index contributed by atoms with van der Waals surface area (Å²) in [6.07, 6.45) is 0. The fraction of sp³-hybridized carbons (Fsp3) is 0.429. The van der Waals surface area contributed by atoms with Gasteiger partial charge in [0.15, 0.2) is 0 Å². The molecule has 0 spiro atoms. The third kappa shape index (κ3) is 7.65. The van der Waals surface area contributed by atoms with Crippen molar-refractivity contribution in [3.05, 3.63) is 35.4 Å². The average molecular weight is 316 g/mol. The van der Waals surface area contributed by atoms with E-state index < -0.39 is 0 Å². The summed E-state index contributed by atoms with van der Waals surface area (Å²) in [6.45, 7) is 1.85. The molecule has 0 bridgehead atoms. The highest BCUT2D eigenvalue weighted by Crippen LogP contribution is 2.04. The van der Waals surface area contributed by atoms with E-state index in [0.717, 1.165) is 5.56 Å². The van der Waals surface area contributed by atoms with Crippen LogP contribution in [0.4, 0.5) is 0 Å². The number of hydrogen-bond acceptors (Lipinski definition) is 4. The first-order valence-electron chi connectivity index (χ1n) is 6.44. The molecule has 7 heteroatoms. The standard InChI is InChI=1S/C14H21N3O3.ClH/c1-15-14(19)12-5-3-4-11(8-12)9-17-13(18)10-16-6-7-20-2;/h3-5,8,16H,6-7,9-10H2,1-2H3,(H,15,19)(H,17,18);1H. The second-order valence-electron chi connectivity index (χ2n) is 4.23. The second-order valence-corrected chi connectivity index (χ2v) is 4.23. The Hall–Kier alpha value is -1.63. The van der Waals surface area contributed by atoms with Gasteiger partial charge in [0.05, 0.1) is 13.2 Å². The number of rotatable bonds is 8. The number of amides is 2. The zero-order valence-electron chi connectivity index (χ0n) is 12.3. The Labute approximate surface area is 131 Å². The summed E-state index contributed by atoms with van der Waals surface area (Å²) in [5.41, 5.74) is 1.47. The van der Waals surface area contributed by atoms with Crippen molar-refractivity contribution >= 4 is 24.2 Å². The fourth-order valence-corrected chi connectivity index (χ4v) is 1.61. The number of halogens is 1. The number of ether oxygens (including phenoxy) is 1. The van der Waals surface area contributed by atoms with Crippen LogP contribution in [0, 0.1) is 0 Å². The van der Waals surface area contributed by atoms with Crippen molar-refractivity contribution in [1.82, 2.24) is 16.0 Å². The lowest BCUT2D eigenvalue weighted by Crippen LogP contribution is -2.34. The van der Waals surface area contributed by atoms with E-state index in [1.807, 2.05) is 6.07 Å². The molecule has 0 saturated heterocycles. The van der Waals surface area contributed by atoms with Gasteiger partial charge in [0.25, 0.3) is 5.91 Å². The minimum Gasteiger partial charge on any atom is -0.383 e. The molecule has 1 aromatic carbocycles. The Morgan fingerprint density at radius 2 is 2.05 bits per heavy atom. The van der Waals surface area contributed by atoms with E-state index in [1.165, 1.54) is 0 Å². The summed E-state index contributed by atoms with van der Waals surface area (Å²) in [6, 6.07) is 7.15. The van der Waals surface area contributed by atoms with Gasteiger partial charge in [-0.1, -0.05) is 12.1 Å². The molecule has 0 unspecified atom stereocenters. The molecule has 3 N–H and O–H groups in total. The molecular weight excluding hydrogens is 294 g/mol. The van der Waals surface area contributed by atoms with Gasteiger partial charge < -0.3 is 20.7 Å². The van der Waals surface area contributed by atoms with Crippen molar-refractivity contribution in [2.45, 2.75) is 6.54 Å². The van der Waals surface area contributed by atoms with Gasteiger partial charge in [-0.3, -0.25) is 9.59 Å². The number of hydrogen-bond donors (Lipinski definition) is 3. The molecule has 21 heavy (non-hydrogen) atoms. The molecule has 2 amide bonds. The van der Waals surface area contributed by atoms with Crippen molar-refractivity contribution in [3.8, 4) is 0 Å². The first-order valence-corrected chi connectivity index (χ1v) is 6.44. The van der Waals surface area contributed by atoms with Gasteiger partial charge in [0, 0.05) is 32.8 Å². The molecule has 6 nitrogen and oxygen atoms in total. The molecule has 0 aliphatic rings. The number of carbonyl (C=O) groups is 2. The van der Waals surface area contributed by atoms with Gasteiger partial charge in [-0.05, 0) is 17.7 Å². The summed E-state index contributed by atoms with van der Waals surface area (Å²) in [4.78, 5) is 23.0. The van der Waals surface area contributed by atoms with E-state index in [2.05, 4.69) is 16.0 Å². The highest BCUT2D eigenvalue weighted by atomic mass is 35.5. The van der Waals surface area contributed by atoms with Crippen molar-refractivity contribution in [1.29, 1.82) is 0 Å². The first kappa shape index (κ1) is 19.4. The highest BCUT2D eigenvalue weighted by molar-refractivity contribution is 5.94. The molecule has 1 aromatic rings. The summed E-state index contributed by atoms with van der Waals surface area (Å²) in [5.74, 6) is -0.231. The molecule has 0 aliphatic carbocycles. The van der Waals surface area contributed by atoms with E-state index in [0.29, 0.717) is 25.3 Å². The lowest BCUT2D eigenvalue weighted by atomic mass is 10.1. The maximum atomic E-state index is 11.6. The third-order valence-corrected chi connectivity index (χ3v) is 2.67. The zero-order valence-corrected chi connectivity index (χ0v) is 13.1. The molecule has 118 valence electrons. The van der Waals surface area contributed by atoms with Crippen LogP contribution in [-0.4, -0.2) is 45.7 Å². The number of nitrogens with one attached hydrogen (secondary N) is 3. The van der Waals surface area contributed by atoms with Crippen LogP contribution in [0.1, 0.15) is 15.9 Å². The molecule has 0 aliphatic heterocycles. The molecule has 0 radical (unpaired) electrons. The Balaban J connectivity index is 0.00000400. The molecular formula is C14H22ClN3O3. The maximum Gasteiger partial charge on any atom is 0.251 e. The minimum atomic E-state index is -0.139. The van der Waals surface area contributed by atoms with Crippen LogP contribution >= 0.6 is 12.4 Å². The van der Waals surface area contributed by atoms with Gasteiger partial charge in [0.1, 0.15) is 0 Å². The normalized spacial score (nSPS) is 9.62. The van der Waals surface area contributed by atoms with Crippen molar-refractivity contribution in [2.75, 3.05) is 33.9 Å². The Morgan fingerprint density at radius 1 is 1.29 bits per heavy atom. The molecule has 0 heterocycles. The number of benzene rings is 1. The largest absolute Gasteiger partial charge is 0.383 e. The molecule has 0 aromatic heterocycles.